The van der Waals surface area contributed by atoms with E-state index in [-0.39, 0.29) is 12.5 Å². The average Bonchev–Trinajstić information content (AvgIpc) is 2.43. The van der Waals surface area contributed by atoms with Gasteiger partial charge in [0.05, 0.1) is 0 Å². The van der Waals surface area contributed by atoms with E-state index >= 15 is 0 Å². The molecule has 0 radical (unpaired) electrons. The molecule has 2 amide bonds. The Morgan fingerprint density at radius 1 is 1.15 bits per heavy atom. The number of nitrogens with one attached hydrogen (secondary N) is 1. The lowest BCUT2D eigenvalue weighted by Crippen LogP contribution is -2.40. The summed E-state index contributed by atoms with van der Waals surface area (Å²) in [5.74, 6) is -0.0867. The molecular formula is C15H28N2O3. The van der Waals surface area contributed by atoms with Crippen molar-refractivity contribution in [1.29, 1.82) is 0 Å². The van der Waals surface area contributed by atoms with Gasteiger partial charge in [0.1, 0.15) is 0 Å². The molecule has 0 heterocycles. The molecule has 116 valence electrons. The SMILES string of the molecule is CN(CC1CCCCC1)C(=O)NCCCCCC(=O)O. The molecule has 1 aliphatic rings. The van der Waals surface area contributed by atoms with Crippen molar-refractivity contribution < 1.29 is 14.7 Å². The minimum Gasteiger partial charge on any atom is -0.481 e. The van der Waals surface area contributed by atoms with E-state index in [1.807, 2.05) is 7.05 Å². The summed E-state index contributed by atoms with van der Waals surface area (Å²) < 4.78 is 0. The van der Waals surface area contributed by atoms with Crippen LogP contribution in [0.15, 0.2) is 0 Å². The predicted molar refractivity (Wildman–Crippen MR) is 78.7 cm³/mol. The van der Waals surface area contributed by atoms with Crippen LogP contribution in [0.3, 0.4) is 0 Å². The predicted octanol–water partition coefficient (Wildman–Crippen LogP) is 2.85. The number of nitrogens with zero attached hydrogens (tertiary/aromatic N) is 1. The summed E-state index contributed by atoms with van der Waals surface area (Å²) in [7, 11) is 1.86. The zero-order valence-corrected chi connectivity index (χ0v) is 12.6. The molecule has 5 nitrogen and oxygen atoms in total. The van der Waals surface area contributed by atoms with Crippen LogP contribution in [0.2, 0.25) is 0 Å². The van der Waals surface area contributed by atoms with Gasteiger partial charge < -0.3 is 15.3 Å². The molecule has 0 atom stereocenters. The maximum absolute atomic E-state index is 11.9. The van der Waals surface area contributed by atoms with Gasteiger partial charge in [-0.05, 0) is 31.6 Å². The fourth-order valence-electron chi connectivity index (χ4n) is 2.75. The molecule has 0 spiro atoms. The number of carbonyl (C=O) groups excluding carboxylic acids is 1. The Morgan fingerprint density at radius 3 is 2.50 bits per heavy atom. The van der Waals surface area contributed by atoms with Gasteiger partial charge in [-0.1, -0.05) is 25.7 Å². The number of unbranched alkanes of at least 4 members (excludes halogenated alkanes) is 2. The van der Waals surface area contributed by atoms with Crippen LogP contribution in [0.5, 0.6) is 0 Å². The van der Waals surface area contributed by atoms with E-state index in [1.165, 1.54) is 32.1 Å². The topological polar surface area (TPSA) is 69.6 Å². The van der Waals surface area contributed by atoms with Crippen molar-refractivity contribution in [3.8, 4) is 0 Å². The highest BCUT2D eigenvalue weighted by Gasteiger charge is 2.17. The van der Waals surface area contributed by atoms with Gasteiger partial charge in [-0.2, -0.15) is 0 Å². The van der Waals surface area contributed by atoms with Gasteiger partial charge in [0.15, 0.2) is 0 Å². The number of carbonyl (C=O) groups is 2. The number of hydrogen-bond acceptors (Lipinski definition) is 2. The van der Waals surface area contributed by atoms with Crippen molar-refractivity contribution in [3.63, 3.8) is 0 Å². The summed E-state index contributed by atoms with van der Waals surface area (Å²) in [5.41, 5.74) is 0. The molecule has 0 saturated heterocycles. The number of hydrogen-bond donors (Lipinski definition) is 2. The smallest absolute Gasteiger partial charge is 0.317 e. The Labute approximate surface area is 121 Å². The minimum absolute atomic E-state index is 0.00573. The van der Waals surface area contributed by atoms with Crippen LogP contribution < -0.4 is 5.32 Å². The first-order valence-corrected chi connectivity index (χ1v) is 7.80. The molecule has 0 aromatic heterocycles. The van der Waals surface area contributed by atoms with E-state index in [2.05, 4.69) is 5.32 Å². The Hall–Kier alpha value is -1.26. The molecular weight excluding hydrogens is 256 g/mol. The highest BCUT2D eigenvalue weighted by atomic mass is 16.4. The quantitative estimate of drug-likeness (QED) is 0.673. The third-order valence-corrected chi connectivity index (χ3v) is 3.95. The second-order valence-electron chi connectivity index (χ2n) is 5.82. The summed E-state index contributed by atoms with van der Waals surface area (Å²) in [6.07, 6.45) is 9.00. The lowest BCUT2D eigenvalue weighted by Gasteiger charge is -2.27. The van der Waals surface area contributed by atoms with E-state index in [9.17, 15) is 9.59 Å². The van der Waals surface area contributed by atoms with Crippen molar-refractivity contribution >= 4 is 12.0 Å². The van der Waals surface area contributed by atoms with Crippen molar-refractivity contribution in [2.45, 2.75) is 57.8 Å². The largest absolute Gasteiger partial charge is 0.481 e. The standard InChI is InChI=1S/C15H28N2O3/c1-17(12-13-8-4-2-5-9-13)15(20)16-11-7-3-6-10-14(18)19/h13H,2-12H2,1H3,(H,16,20)(H,18,19). The van der Waals surface area contributed by atoms with Gasteiger partial charge in [0, 0.05) is 26.6 Å². The van der Waals surface area contributed by atoms with Gasteiger partial charge >= 0.3 is 12.0 Å². The number of rotatable bonds is 8. The summed E-state index contributed by atoms with van der Waals surface area (Å²) in [6.45, 7) is 1.48. The lowest BCUT2D eigenvalue weighted by molar-refractivity contribution is -0.137. The van der Waals surface area contributed by atoms with Crippen LogP contribution in [0.1, 0.15) is 57.8 Å². The number of carboxylic acids is 1. The first-order valence-electron chi connectivity index (χ1n) is 7.80. The van der Waals surface area contributed by atoms with Crippen molar-refractivity contribution in [3.05, 3.63) is 0 Å². The normalized spacial score (nSPS) is 15.8. The zero-order chi connectivity index (χ0) is 14.8. The van der Waals surface area contributed by atoms with Crippen molar-refractivity contribution in [2.24, 2.45) is 5.92 Å². The van der Waals surface area contributed by atoms with Crippen LogP contribution in [-0.2, 0) is 4.79 Å². The molecule has 2 N–H and O–H groups in total. The monoisotopic (exact) mass is 284 g/mol. The summed E-state index contributed by atoms with van der Waals surface area (Å²) in [5, 5.41) is 11.4. The van der Waals surface area contributed by atoms with Gasteiger partial charge in [-0.3, -0.25) is 4.79 Å². The molecule has 5 heteroatoms. The Bertz CT molecular complexity index is 301. The van der Waals surface area contributed by atoms with E-state index in [4.69, 9.17) is 5.11 Å². The molecule has 1 fully saturated rings. The number of urea groups is 1. The van der Waals surface area contributed by atoms with Gasteiger partial charge in [-0.15, -0.1) is 0 Å². The maximum atomic E-state index is 11.9. The van der Waals surface area contributed by atoms with Crippen LogP contribution in [0, 0.1) is 5.92 Å². The Kier molecular flexibility index (Phi) is 8.07. The molecule has 0 unspecified atom stereocenters. The summed E-state index contributed by atoms with van der Waals surface area (Å²) >= 11 is 0. The maximum Gasteiger partial charge on any atom is 0.317 e. The fourth-order valence-corrected chi connectivity index (χ4v) is 2.75. The first kappa shape index (κ1) is 16.8. The van der Waals surface area contributed by atoms with E-state index in [0.29, 0.717) is 18.9 Å². The third-order valence-electron chi connectivity index (χ3n) is 3.95. The van der Waals surface area contributed by atoms with Crippen LogP contribution in [-0.4, -0.2) is 42.1 Å². The van der Waals surface area contributed by atoms with E-state index in [0.717, 1.165) is 19.4 Å². The zero-order valence-electron chi connectivity index (χ0n) is 12.6. The summed E-state index contributed by atoms with van der Waals surface area (Å²) in [6, 6.07) is -0.00573. The van der Waals surface area contributed by atoms with Gasteiger partial charge in [0.2, 0.25) is 0 Å². The van der Waals surface area contributed by atoms with Crippen molar-refractivity contribution in [2.75, 3.05) is 20.1 Å². The molecule has 20 heavy (non-hydrogen) atoms. The number of aliphatic carboxylic acids is 1. The minimum atomic E-state index is -0.749. The average molecular weight is 284 g/mol. The van der Waals surface area contributed by atoms with Gasteiger partial charge in [-0.25, -0.2) is 4.79 Å². The first-order chi connectivity index (χ1) is 9.59. The molecule has 1 saturated carbocycles. The molecule has 0 aliphatic heterocycles. The van der Waals surface area contributed by atoms with E-state index in [1.54, 1.807) is 4.90 Å². The van der Waals surface area contributed by atoms with Crippen LogP contribution >= 0.6 is 0 Å². The third kappa shape index (κ3) is 7.36. The number of carboxylic acid groups (broad SMARTS) is 1. The second-order valence-corrected chi connectivity index (χ2v) is 5.82. The molecule has 1 aliphatic carbocycles. The highest BCUT2D eigenvalue weighted by Crippen LogP contribution is 2.23. The second kappa shape index (κ2) is 9.61. The highest BCUT2D eigenvalue weighted by molar-refractivity contribution is 5.73. The molecule has 0 bridgehead atoms. The van der Waals surface area contributed by atoms with Crippen molar-refractivity contribution in [1.82, 2.24) is 10.2 Å². The lowest BCUT2D eigenvalue weighted by atomic mass is 9.89. The molecule has 0 aromatic carbocycles. The Morgan fingerprint density at radius 2 is 1.85 bits per heavy atom. The van der Waals surface area contributed by atoms with E-state index < -0.39 is 5.97 Å². The molecule has 0 aromatic rings. The number of amides is 2. The van der Waals surface area contributed by atoms with Crippen LogP contribution in [0.25, 0.3) is 0 Å². The Balaban J connectivity index is 2.04. The molecule has 1 rings (SSSR count). The fraction of sp³-hybridized carbons (Fsp3) is 0.867. The summed E-state index contributed by atoms with van der Waals surface area (Å²) in [4.78, 5) is 24.0. The van der Waals surface area contributed by atoms with Crippen LogP contribution in [0.4, 0.5) is 4.79 Å². The van der Waals surface area contributed by atoms with Gasteiger partial charge in [0.25, 0.3) is 0 Å².